The van der Waals surface area contributed by atoms with E-state index < -0.39 is 16.4 Å². The molecule has 1 aliphatic heterocycles. The van der Waals surface area contributed by atoms with Crippen molar-refractivity contribution in [2.24, 2.45) is 0 Å². The van der Waals surface area contributed by atoms with Gasteiger partial charge in [0.1, 0.15) is 5.69 Å². The highest BCUT2D eigenvalue weighted by Gasteiger charge is 2.25. The summed E-state index contributed by atoms with van der Waals surface area (Å²) in [6.45, 7) is 0.731. The van der Waals surface area contributed by atoms with Crippen molar-refractivity contribution in [3.63, 3.8) is 0 Å². The quantitative estimate of drug-likeness (QED) is 0.575. The van der Waals surface area contributed by atoms with Gasteiger partial charge in [0.2, 0.25) is 5.82 Å². The second-order valence-electron chi connectivity index (χ2n) is 3.17. The molecule has 6 heteroatoms. The van der Waals surface area contributed by atoms with Gasteiger partial charge in [-0.15, -0.1) is 11.8 Å². The molecule has 1 aromatic carbocycles. The first kappa shape index (κ1) is 10.2. The third kappa shape index (κ3) is 1.90. The van der Waals surface area contributed by atoms with Crippen LogP contribution in [-0.2, 0) is 0 Å². The van der Waals surface area contributed by atoms with Gasteiger partial charge in [0.15, 0.2) is 0 Å². The van der Waals surface area contributed by atoms with Crippen LogP contribution in [0.1, 0.15) is 0 Å². The Balaban J connectivity index is 2.45. The molecule has 0 radical (unpaired) electrons. The molecule has 1 aromatic rings. The zero-order valence-corrected chi connectivity index (χ0v) is 8.67. The van der Waals surface area contributed by atoms with Gasteiger partial charge < -0.3 is 4.90 Å². The van der Waals surface area contributed by atoms with Crippen molar-refractivity contribution in [2.75, 3.05) is 23.1 Å². The molecule has 4 nitrogen and oxygen atoms in total. The minimum Gasteiger partial charge on any atom is -0.356 e. The van der Waals surface area contributed by atoms with Crippen molar-refractivity contribution in [2.45, 2.75) is 0 Å². The minimum absolute atomic E-state index is 0.380. The zero-order valence-electron chi connectivity index (χ0n) is 7.85. The number of benzene rings is 1. The number of hydrogen-bond acceptors (Lipinski definition) is 4. The van der Waals surface area contributed by atoms with Crippen LogP contribution in [0.2, 0.25) is 0 Å². The topological polar surface area (TPSA) is 46.4 Å². The molecule has 0 unspecified atom stereocenters. The molecule has 0 saturated carbocycles. The van der Waals surface area contributed by atoms with Gasteiger partial charge in [-0.05, 0) is 12.1 Å². The van der Waals surface area contributed by atoms with E-state index in [9.17, 15) is 14.5 Å². The van der Waals surface area contributed by atoms with Crippen LogP contribution in [-0.4, -0.2) is 23.1 Å². The molecule has 0 atom stereocenters. The Morgan fingerprint density at radius 1 is 1.53 bits per heavy atom. The van der Waals surface area contributed by atoms with Crippen LogP contribution in [0.15, 0.2) is 18.2 Å². The lowest BCUT2D eigenvalue weighted by Gasteiger charge is -2.16. The number of halogens is 1. The Labute approximate surface area is 90.2 Å². The van der Waals surface area contributed by atoms with Crippen LogP contribution in [0.4, 0.5) is 15.8 Å². The smallest absolute Gasteiger partial charge is 0.327 e. The third-order valence-electron chi connectivity index (χ3n) is 2.24. The molecule has 0 aliphatic carbocycles. The van der Waals surface area contributed by atoms with Gasteiger partial charge in [0.05, 0.1) is 10.8 Å². The lowest BCUT2D eigenvalue weighted by atomic mass is 10.2. The molecule has 1 saturated heterocycles. The summed E-state index contributed by atoms with van der Waals surface area (Å²) in [5, 5.41) is 10.7. The van der Waals surface area contributed by atoms with E-state index in [4.69, 9.17) is 0 Å². The second-order valence-corrected chi connectivity index (χ2v) is 4.24. The van der Waals surface area contributed by atoms with Gasteiger partial charge in [0.25, 0.3) is 0 Å². The van der Waals surface area contributed by atoms with E-state index in [2.05, 4.69) is 0 Å². The highest BCUT2D eigenvalue weighted by atomic mass is 32.2. The van der Waals surface area contributed by atoms with Gasteiger partial charge in [0, 0.05) is 12.3 Å². The number of anilines is 1. The van der Waals surface area contributed by atoms with Gasteiger partial charge in [-0.3, -0.25) is 10.1 Å². The van der Waals surface area contributed by atoms with Gasteiger partial charge in [-0.25, -0.2) is 0 Å². The van der Waals surface area contributed by atoms with Crippen molar-refractivity contribution in [1.29, 1.82) is 0 Å². The van der Waals surface area contributed by atoms with E-state index >= 15 is 0 Å². The van der Waals surface area contributed by atoms with Crippen molar-refractivity contribution in [1.82, 2.24) is 0 Å². The van der Waals surface area contributed by atoms with Crippen LogP contribution < -0.4 is 4.90 Å². The first-order valence-electron chi connectivity index (χ1n) is 4.46. The first-order valence-corrected chi connectivity index (χ1v) is 5.61. The van der Waals surface area contributed by atoms with Crippen LogP contribution in [0, 0.1) is 15.9 Å². The average Bonchev–Trinajstić information content (AvgIpc) is 2.69. The highest BCUT2D eigenvalue weighted by Crippen LogP contribution is 2.33. The zero-order chi connectivity index (χ0) is 10.8. The molecule has 0 bridgehead atoms. The Kier molecular flexibility index (Phi) is 2.77. The van der Waals surface area contributed by atoms with E-state index in [1.807, 2.05) is 4.90 Å². The van der Waals surface area contributed by atoms with E-state index in [-0.39, 0.29) is 0 Å². The first-order chi connectivity index (χ1) is 7.20. The lowest BCUT2D eigenvalue weighted by Crippen LogP contribution is -2.19. The summed E-state index contributed by atoms with van der Waals surface area (Å²) in [4.78, 5) is 11.9. The van der Waals surface area contributed by atoms with Crippen LogP contribution >= 0.6 is 11.8 Å². The Morgan fingerprint density at radius 2 is 2.33 bits per heavy atom. The molecule has 0 spiro atoms. The summed E-state index contributed by atoms with van der Waals surface area (Å²) in [7, 11) is 0. The SMILES string of the molecule is O=[N+]([O-])c1c(F)cccc1N1CCSC1. The Hall–Kier alpha value is -1.30. The minimum atomic E-state index is -0.769. The predicted molar refractivity (Wildman–Crippen MR) is 57.7 cm³/mol. The number of nitro groups is 1. The van der Waals surface area contributed by atoms with Crippen LogP contribution in [0.5, 0.6) is 0 Å². The molecule has 0 aromatic heterocycles. The van der Waals surface area contributed by atoms with Crippen molar-refractivity contribution in [3.05, 3.63) is 34.1 Å². The molecular weight excluding hydrogens is 219 g/mol. The number of nitro benzene ring substituents is 1. The number of thioether (sulfide) groups is 1. The second kappa shape index (κ2) is 4.06. The van der Waals surface area contributed by atoms with Gasteiger partial charge in [-0.1, -0.05) is 6.07 Å². The van der Waals surface area contributed by atoms with E-state index in [1.165, 1.54) is 6.07 Å². The third-order valence-corrected chi connectivity index (χ3v) is 3.21. The number of rotatable bonds is 2. The van der Waals surface area contributed by atoms with E-state index in [0.717, 1.165) is 18.4 Å². The van der Waals surface area contributed by atoms with Crippen molar-refractivity contribution in [3.8, 4) is 0 Å². The maximum absolute atomic E-state index is 13.3. The number of para-hydroxylation sites is 1. The summed E-state index contributed by atoms with van der Waals surface area (Å²) in [6, 6.07) is 4.21. The number of nitrogens with zero attached hydrogens (tertiary/aromatic N) is 2. The molecule has 0 amide bonds. The maximum atomic E-state index is 13.3. The predicted octanol–water partition coefficient (Wildman–Crippen LogP) is 2.24. The van der Waals surface area contributed by atoms with Gasteiger partial charge >= 0.3 is 5.69 Å². The summed E-state index contributed by atoms with van der Waals surface area (Å²) >= 11 is 1.68. The lowest BCUT2D eigenvalue weighted by molar-refractivity contribution is -0.386. The number of hydrogen-bond donors (Lipinski definition) is 0. The molecular formula is C9H9FN2O2S. The van der Waals surface area contributed by atoms with Crippen LogP contribution in [0.25, 0.3) is 0 Å². The maximum Gasteiger partial charge on any atom is 0.327 e. The summed E-state index contributed by atoms with van der Waals surface area (Å²) < 4.78 is 13.3. The Morgan fingerprint density at radius 3 is 2.93 bits per heavy atom. The molecule has 1 fully saturated rings. The van der Waals surface area contributed by atoms with Crippen molar-refractivity contribution < 1.29 is 9.31 Å². The normalized spacial score (nSPS) is 15.7. The standard InChI is InChI=1S/C9H9FN2O2S/c10-7-2-1-3-8(9(7)12(13)14)11-4-5-15-6-11/h1-3H,4-6H2. The fraction of sp³-hybridized carbons (Fsp3) is 0.333. The summed E-state index contributed by atoms with van der Waals surface area (Å²) in [6.07, 6.45) is 0. The van der Waals surface area contributed by atoms with Gasteiger partial charge in [-0.2, -0.15) is 4.39 Å². The summed E-state index contributed by atoms with van der Waals surface area (Å²) in [5.41, 5.74) is -0.0370. The molecule has 15 heavy (non-hydrogen) atoms. The molecule has 0 N–H and O–H groups in total. The van der Waals surface area contributed by atoms with Crippen molar-refractivity contribution >= 4 is 23.1 Å². The Bertz CT molecular complexity index is 394. The fourth-order valence-electron chi connectivity index (χ4n) is 1.54. The fourth-order valence-corrected chi connectivity index (χ4v) is 2.51. The molecule has 1 heterocycles. The van der Waals surface area contributed by atoms with E-state index in [1.54, 1.807) is 17.8 Å². The molecule has 1 aliphatic rings. The summed E-state index contributed by atoms with van der Waals surface area (Å²) in [5.74, 6) is 0.840. The monoisotopic (exact) mass is 228 g/mol. The largest absolute Gasteiger partial charge is 0.356 e. The van der Waals surface area contributed by atoms with E-state index in [0.29, 0.717) is 11.6 Å². The average molecular weight is 228 g/mol. The molecule has 2 rings (SSSR count). The van der Waals surface area contributed by atoms with Crippen LogP contribution in [0.3, 0.4) is 0 Å². The molecule has 80 valence electrons. The highest BCUT2D eigenvalue weighted by molar-refractivity contribution is 7.99.